The van der Waals surface area contributed by atoms with Gasteiger partial charge in [-0.25, -0.2) is 13.4 Å². The number of ether oxygens (including phenoxy) is 1. The highest BCUT2D eigenvalue weighted by atomic mass is 32.2. The van der Waals surface area contributed by atoms with E-state index in [4.69, 9.17) is 10.5 Å². The van der Waals surface area contributed by atoms with Gasteiger partial charge in [0.05, 0.1) is 12.4 Å². The lowest BCUT2D eigenvalue weighted by atomic mass is 10.4. The van der Waals surface area contributed by atoms with Crippen molar-refractivity contribution in [3.05, 3.63) is 6.33 Å². The van der Waals surface area contributed by atoms with Crippen LogP contribution >= 0.6 is 0 Å². The third-order valence-corrected chi connectivity index (χ3v) is 4.91. The van der Waals surface area contributed by atoms with Crippen molar-refractivity contribution in [1.29, 1.82) is 0 Å². The first-order chi connectivity index (χ1) is 8.43. The quantitative estimate of drug-likeness (QED) is 0.806. The van der Waals surface area contributed by atoms with Crippen molar-refractivity contribution < 1.29 is 13.2 Å². The minimum Gasteiger partial charge on any atom is -0.381 e. The Bertz CT molecular complexity index is 506. The van der Waals surface area contributed by atoms with E-state index >= 15 is 0 Å². The van der Waals surface area contributed by atoms with E-state index in [2.05, 4.69) is 4.98 Å². The van der Waals surface area contributed by atoms with Gasteiger partial charge in [-0.15, -0.1) is 0 Å². The van der Waals surface area contributed by atoms with Gasteiger partial charge in [0.25, 0.3) is 10.0 Å². The van der Waals surface area contributed by atoms with Gasteiger partial charge in [-0.05, 0) is 13.3 Å². The van der Waals surface area contributed by atoms with Crippen LogP contribution in [-0.2, 0) is 21.8 Å². The lowest BCUT2D eigenvalue weighted by Crippen LogP contribution is -2.37. The molecular formula is C10H18N4O3S. The maximum absolute atomic E-state index is 12.5. The van der Waals surface area contributed by atoms with E-state index in [1.54, 1.807) is 7.05 Å². The Morgan fingerprint density at radius 1 is 1.56 bits per heavy atom. The first-order valence-corrected chi connectivity index (χ1v) is 7.25. The number of rotatable bonds is 2. The molecule has 102 valence electrons. The summed E-state index contributed by atoms with van der Waals surface area (Å²) in [7, 11) is -1.99. The number of hydrogen-bond acceptors (Lipinski definition) is 5. The average Bonchev–Trinajstić information content (AvgIpc) is 2.51. The molecule has 1 fully saturated rings. The minimum absolute atomic E-state index is 0.0373. The molecule has 1 saturated heterocycles. The topological polar surface area (TPSA) is 90.5 Å². The fourth-order valence-corrected chi connectivity index (χ4v) is 3.80. The minimum atomic E-state index is -3.61. The lowest BCUT2D eigenvalue weighted by Gasteiger charge is -2.21. The zero-order valence-corrected chi connectivity index (χ0v) is 11.4. The predicted molar refractivity (Wildman–Crippen MR) is 66.4 cm³/mol. The van der Waals surface area contributed by atoms with Crippen molar-refractivity contribution >= 4 is 15.8 Å². The van der Waals surface area contributed by atoms with Crippen molar-refractivity contribution in [3.63, 3.8) is 0 Å². The molecule has 1 unspecified atom stereocenters. The van der Waals surface area contributed by atoms with Crippen LogP contribution in [0.3, 0.4) is 0 Å². The summed E-state index contributed by atoms with van der Waals surface area (Å²) < 4.78 is 33.3. The predicted octanol–water partition coefficient (Wildman–Crippen LogP) is -0.198. The molecule has 8 heteroatoms. The summed E-state index contributed by atoms with van der Waals surface area (Å²) in [6.07, 6.45) is 1.97. The van der Waals surface area contributed by atoms with Gasteiger partial charge in [-0.2, -0.15) is 4.31 Å². The molecule has 0 aromatic carbocycles. The Morgan fingerprint density at radius 2 is 2.28 bits per heavy atom. The zero-order valence-electron chi connectivity index (χ0n) is 10.5. The maximum Gasteiger partial charge on any atom is 0.262 e. The number of hydrogen-bond donors (Lipinski definition) is 1. The molecular weight excluding hydrogens is 256 g/mol. The Hall–Kier alpha value is -1.12. The van der Waals surface area contributed by atoms with Gasteiger partial charge in [0.2, 0.25) is 0 Å². The van der Waals surface area contributed by atoms with Crippen molar-refractivity contribution in [2.45, 2.75) is 24.5 Å². The molecule has 1 aromatic rings. The molecule has 1 aliphatic heterocycles. The summed E-state index contributed by atoms with van der Waals surface area (Å²) >= 11 is 0. The summed E-state index contributed by atoms with van der Waals surface area (Å²) in [5.74, 6) is 0.0373. The van der Waals surface area contributed by atoms with E-state index in [0.29, 0.717) is 26.1 Å². The first-order valence-electron chi connectivity index (χ1n) is 5.81. The molecule has 0 amide bonds. The number of anilines is 1. The normalized spacial score (nSPS) is 22.9. The van der Waals surface area contributed by atoms with Gasteiger partial charge in [-0.1, -0.05) is 0 Å². The van der Waals surface area contributed by atoms with Crippen LogP contribution in [0.5, 0.6) is 0 Å². The lowest BCUT2D eigenvalue weighted by molar-refractivity contribution is 0.0751. The molecule has 18 heavy (non-hydrogen) atoms. The second-order valence-electron chi connectivity index (χ2n) is 4.44. The monoisotopic (exact) mass is 274 g/mol. The fourth-order valence-electron chi connectivity index (χ4n) is 2.05. The smallest absolute Gasteiger partial charge is 0.262 e. The first kappa shape index (κ1) is 13.3. The number of aromatic nitrogens is 2. The molecule has 0 radical (unpaired) electrons. The van der Waals surface area contributed by atoms with Gasteiger partial charge in [0, 0.05) is 26.7 Å². The Balaban J connectivity index is 2.36. The highest BCUT2D eigenvalue weighted by molar-refractivity contribution is 7.89. The van der Waals surface area contributed by atoms with E-state index in [0.717, 1.165) is 0 Å². The van der Waals surface area contributed by atoms with Gasteiger partial charge in [-0.3, -0.25) is 0 Å². The summed E-state index contributed by atoms with van der Waals surface area (Å²) in [6.45, 7) is 3.22. The van der Waals surface area contributed by atoms with Crippen LogP contribution in [-0.4, -0.2) is 48.1 Å². The zero-order chi connectivity index (χ0) is 13.3. The van der Waals surface area contributed by atoms with Crippen LogP contribution in [0.15, 0.2) is 11.4 Å². The highest BCUT2D eigenvalue weighted by Crippen LogP contribution is 2.22. The molecule has 0 saturated carbocycles. The molecule has 1 aromatic heterocycles. The molecule has 1 aliphatic rings. The molecule has 0 aliphatic carbocycles. The van der Waals surface area contributed by atoms with E-state index in [1.165, 1.54) is 15.2 Å². The Morgan fingerprint density at radius 3 is 2.89 bits per heavy atom. The van der Waals surface area contributed by atoms with Crippen molar-refractivity contribution in [3.8, 4) is 0 Å². The van der Waals surface area contributed by atoms with Crippen LogP contribution in [0, 0.1) is 0 Å². The van der Waals surface area contributed by atoms with E-state index in [9.17, 15) is 8.42 Å². The molecule has 2 heterocycles. The highest BCUT2D eigenvalue weighted by Gasteiger charge is 2.32. The molecule has 1 atom stereocenters. The standard InChI is InChI=1S/C10H18N4O3S/c1-8-6-14(4-3-5-17-8)18(15,16)10-9(11)12-7-13(10)2/h7-8H,3-6,11H2,1-2H3. The van der Waals surface area contributed by atoms with Crippen LogP contribution in [0.2, 0.25) is 0 Å². The second kappa shape index (κ2) is 4.87. The van der Waals surface area contributed by atoms with E-state index in [-0.39, 0.29) is 16.9 Å². The number of sulfonamides is 1. The number of aryl methyl sites for hydroxylation is 1. The molecule has 7 nitrogen and oxygen atoms in total. The summed E-state index contributed by atoms with van der Waals surface area (Å²) in [5, 5.41) is 0.0524. The van der Waals surface area contributed by atoms with Gasteiger partial charge < -0.3 is 15.0 Å². The largest absolute Gasteiger partial charge is 0.381 e. The van der Waals surface area contributed by atoms with Gasteiger partial charge in [0.15, 0.2) is 10.8 Å². The summed E-state index contributed by atoms with van der Waals surface area (Å²) in [6, 6.07) is 0. The molecule has 2 rings (SSSR count). The van der Waals surface area contributed by atoms with Crippen LogP contribution < -0.4 is 5.73 Å². The van der Waals surface area contributed by atoms with Gasteiger partial charge in [0.1, 0.15) is 0 Å². The van der Waals surface area contributed by atoms with Crippen LogP contribution in [0.1, 0.15) is 13.3 Å². The second-order valence-corrected chi connectivity index (χ2v) is 6.30. The van der Waals surface area contributed by atoms with Crippen molar-refractivity contribution in [2.24, 2.45) is 7.05 Å². The van der Waals surface area contributed by atoms with Crippen LogP contribution in [0.25, 0.3) is 0 Å². The van der Waals surface area contributed by atoms with Crippen molar-refractivity contribution in [1.82, 2.24) is 13.9 Å². The van der Waals surface area contributed by atoms with Crippen molar-refractivity contribution in [2.75, 3.05) is 25.4 Å². The maximum atomic E-state index is 12.5. The number of nitrogens with zero attached hydrogens (tertiary/aromatic N) is 3. The Labute approximate surface area is 107 Å². The third-order valence-electron chi connectivity index (χ3n) is 2.91. The van der Waals surface area contributed by atoms with Gasteiger partial charge >= 0.3 is 0 Å². The summed E-state index contributed by atoms with van der Waals surface area (Å²) in [4.78, 5) is 3.82. The molecule has 0 bridgehead atoms. The number of nitrogens with two attached hydrogens (primary N) is 1. The molecule has 2 N–H and O–H groups in total. The average molecular weight is 274 g/mol. The number of imidazole rings is 1. The SMILES string of the molecule is CC1CN(S(=O)(=O)c2c(N)ncn2C)CCCO1. The fraction of sp³-hybridized carbons (Fsp3) is 0.700. The summed E-state index contributed by atoms with van der Waals surface area (Å²) in [5.41, 5.74) is 5.64. The third kappa shape index (κ3) is 2.36. The van der Waals surface area contributed by atoms with E-state index in [1.807, 2.05) is 6.92 Å². The molecule has 0 spiro atoms. The Kier molecular flexibility index (Phi) is 3.60. The van der Waals surface area contributed by atoms with E-state index < -0.39 is 10.0 Å². The van der Waals surface area contributed by atoms with Crippen LogP contribution in [0.4, 0.5) is 5.82 Å². The number of nitrogen functional groups attached to an aromatic ring is 1.